The highest BCUT2D eigenvalue weighted by atomic mass is 16.7. The molecule has 3 atom stereocenters. The minimum Gasteiger partial charge on any atom is -0.485 e. The quantitative estimate of drug-likeness (QED) is 0.389. The molecule has 5 rings (SSSR count). The van der Waals surface area contributed by atoms with Gasteiger partial charge in [0.25, 0.3) is 11.8 Å². The lowest BCUT2D eigenvalue weighted by Crippen LogP contribution is -2.50. The number of rotatable bonds is 7. The molecular weight excluding hydrogens is 542 g/mol. The van der Waals surface area contributed by atoms with Crippen molar-refractivity contribution >= 4 is 29.2 Å². The number of amides is 4. The van der Waals surface area contributed by atoms with E-state index in [9.17, 15) is 19.5 Å². The average Bonchev–Trinajstić information content (AvgIpc) is 3.47. The molecule has 0 bridgehead atoms. The molecule has 0 saturated heterocycles. The molecule has 42 heavy (non-hydrogen) atoms. The standard InChI is InChI=1S/C30H33N5O7/c1-18-14-35(19(2)16-36)29(38)22-5-4-6-23(33-28(37)20-9-11-31-12-10-20)27(22)42-26(18)15-34(3)30(39)32-21-7-8-24-25(13-21)41-17-40-24/h4-13,18-19,26,36H,14-17H2,1-3H3,(H,32,39)(H,33,37)/t18-,19+,26+/m1/s1. The van der Waals surface area contributed by atoms with Crippen molar-refractivity contribution in [2.75, 3.05) is 44.2 Å². The average molecular weight is 576 g/mol. The molecule has 2 aliphatic heterocycles. The van der Waals surface area contributed by atoms with E-state index in [0.717, 1.165) is 0 Å². The van der Waals surface area contributed by atoms with Gasteiger partial charge in [-0.25, -0.2) is 4.79 Å². The Bertz CT molecular complexity index is 1470. The van der Waals surface area contributed by atoms with E-state index in [4.69, 9.17) is 14.2 Å². The first-order valence-electron chi connectivity index (χ1n) is 13.6. The van der Waals surface area contributed by atoms with Crippen molar-refractivity contribution in [1.82, 2.24) is 14.8 Å². The number of aromatic nitrogens is 1. The molecule has 2 aromatic carbocycles. The second-order valence-electron chi connectivity index (χ2n) is 10.4. The van der Waals surface area contributed by atoms with Gasteiger partial charge >= 0.3 is 6.03 Å². The number of anilines is 2. The van der Waals surface area contributed by atoms with Crippen LogP contribution in [-0.4, -0.2) is 83.4 Å². The fraction of sp³-hybridized carbons (Fsp3) is 0.333. The number of ether oxygens (including phenoxy) is 3. The summed E-state index contributed by atoms with van der Waals surface area (Å²) >= 11 is 0. The summed E-state index contributed by atoms with van der Waals surface area (Å²) in [4.78, 5) is 46.9. The highest BCUT2D eigenvalue weighted by molar-refractivity contribution is 6.07. The number of nitrogens with one attached hydrogen (secondary N) is 2. The SMILES string of the molecule is C[C@@H]1CN([C@@H](C)CO)C(=O)c2cccc(NC(=O)c3ccncc3)c2O[C@H]1CN(C)C(=O)Nc1ccc2c(c1)OCO2. The van der Waals surface area contributed by atoms with Crippen molar-refractivity contribution in [3.8, 4) is 17.2 Å². The molecule has 0 spiro atoms. The molecule has 0 saturated carbocycles. The van der Waals surface area contributed by atoms with E-state index in [1.54, 1.807) is 67.4 Å². The van der Waals surface area contributed by atoms with Gasteiger partial charge in [0.2, 0.25) is 6.79 Å². The molecule has 220 valence electrons. The first kappa shape index (κ1) is 28.7. The van der Waals surface area contributed by atoms with E-state index < -0.39 is 18.1 Å². The summed E-state index contributed by atoms with van der Waals surface area (Å²) < 4.78 is 17.2. The number of pyridine rings is 1. The van der Waals surface area contributed by atoms with Crippen LogP contribution in [-0.2, 0) is 0 Å². The number of carbonyl (C=O) groups is 3. The first-order chi connectivity index (χ1) is 20.2. The number of aliphatic hydroxyl groups is 1. The van der Waals surface area contributed by atoms with Crippen molar-refractivity contribution in [3.05, 3.63) is 72.1 Å². The summed E-state index contributed by atoms with van der Waals surface area (Å²) in [5.74, 6) is 0.384. The van der Waals surface area contributed by atoms with Crippen molar-refractivity contribution in [3.63, 3.8) is 0 Å². The summed E-state index contributed by atoms with van der Waals surface area (Å²) in [6.07, 6.45) is 2.46. The third-order valence-electron chi connectivity index (χ3n) is 7.31. The maximum absolute atomic E-state index is 13.7. The Morgan fingerprint density at radius 2 is 1.88 bits per heavy atom. The predicted octanol–water partition coefficient (Wildman–Crippen LogP) is 3.45. The molecule has 2 aliphatic rings. The van der Waals surface area contributed by atoms with Gasteiger partial charge in [-0.3, -0.25) is 14.6 Å². The van der Waals surface area contributed by atoms with Crippen LogP contribution in [0.4, 0.5) is 16.2 Å². The lowest BCUT2D eigenvalue weighted by Gasteiger charge is -2.38. The Kier molecular flexibility index (Phi) is 8.43. The molecule has 0 aliphatic carbocycles. The smallest absolute Gasteiger partial charge is 0.321 e. The van der Waals surface area contributed by atoms with E-state index in [0.29, 0.717) is 28.4 Å². The number of benzene rings is 2. The van der Waals surface area contributed by atoms with Gasteiger partial charge in [0.15, 0.2) is 17.2 Å². The molecule has 0 unspecified atom stereocenters. The third-order valence-corrected chi connectivity index (χ3v) is 7.31. The van der Waals surface area contributed by atoms with Crippen molar-refractivity contribution < 1.29 is 33.7 Å². The second-order valence-corrected chi connectivity index (χ2v) is 10.4. The molecule has 1 aromatic heterocycles. The van der Waals surface area contributed by atoms with Gasteiger partial charge in [-0.05, 0) is 43.3 Å². The molecule has 0 radical (unpaired) electrons. The largest absolute Gasteiger partial charge is 0.485 e. The molecule has 12 heteroatoms. The number of carbonyl (C=O) groups excluding carboxylic acids is 3. The number of fused-ring (bicyclic) bond motifs is 2. The molecule has 12 nitrogen and oxygen atoms in total. The molecule has 0 fully saturated rings. The van der Waals surface area contributed by atoms with Gasteiger partial charge in [0.1, 0.15) is 6.10 Å². The summed E-state index contributed by atoms with van der Waals surface area (Å²) in [5.41, 5.74) is 1.49. The van der Waals surface area contributed by atoms with Crippen LogP contribution in [0.5, 0.6) is 17.2 Å². The van der Waals surface area contributed by atoms with Crippen molar-refractivity contribution in [2.45, 2.75) is 26.0 Å². The van der Waals surface area contributed by atoms with Crippen LogP contribution in [0.1, 0.15) is 34.6 Å². The summed E-state index contributed by atoms with van der Waals surface area (Å²) in [6, 6.07) is 12.4. The predicted molar refractivity (Wildman–Crippen MR) is 154 cm³/mol. The van der Waals surface area contributed by atoms with Crippen molar-refractivity contribution in [1.29, 1.82) is 0 Å². The maximum Gasteiger partial charge on any atom is 0.321 e. The lowest BCUT2D eigenvalue weighted by molar-refractivity contribution is 0.0372. The van der Waals surface area contributed by atoms with E-state index in [1.165, 1.54) is 17.3 Å². The van der Waals surface area contributed by atoms with Crippen LogP contribution in [0.2, 0.25) is 0 Å². The number of nitrogens with zero attached hydrogens (tertiary/aromatic N) is 3. The van der Waals surface area contributed by atoms with E-state index in [-0.39, 0.29) is 55.7 Å². The van der Waals surface area contributed by atoms with Gasteiger partial charge in [-0.2, -0.15) is 0 Å². The van der Waals surface area contributed by atoms with Gasteiger partial charge in [-0.1, -0.05) is 13.0 Å². The van der Waals surface area contributed by atoms with Crippen LogP contribution in [0, 0.1) is 5.92 Å². The molecule has 3 heterocycles. The Balaban J connectivity index is 1.41. The van der Waals surface area contributed by atoms with Gasteiger partial charge in [0, 0.05) is 49.2 Å². The number of likely N-dealkylation sites (N-methyl/N-ethyl adjacent to an activating group) is 1. The highest BCUT2D eigenvalue weighted by Crippen LogP contribution is 2.36. The minimum atomic E-state index is -0.572. The normalized spacial score (nSPS) is 18.2. The first-order valence-corrected chi connectivity index (χ1v) is 13.6. The Morgan fingerprint density at radius 3 is 2.64 bits per heavy atom. The molecule has 3 N–H and O–H groups in total. The topological polar surface area (TPSA) is 143 Å². The monoisotopic (exact) mass is 575 g/mol. The summed E-state index contributed by atoms with van der Waals surface area (Å²) in [7, 11) is 1.65. The number of hydrogen-bond acceptors (Lipinski definition) is 8. The Morgan fingerprint density at radius 1 is 1.12 bits per heavy atom. The number of para-hydroxylation sites is 1. The minimum absolute atomic E-state index is 0.129. The molecule has 4 amide bonds. The van der Waals surface area contributed by atoms with Gasteiger partial charge in [0.05, 0.1) is 30.4 Å². The van der Waals surface area contributed by atoms with Gasteiger partial charge < -0.3 is 39.8 Å². The van der Waals surface area contributed by atoms with Crippen LogP contribution in [0.15, 0.2) is 60.9 Å². The second kappa shape index (κ2) is 12.4. The Labute approximate surface area is 243 Å². The molecular formula is C30H33N5O7. The summed E-state index contributed by atoms with van der Waals surface area (Å²) in [6.45, 7) is 4.04. The number of aliphatic hydroxyl groups excluding tert-OH is 1. The van der Waals surface area contributed by atoms with E-state index in [1.807, 2.05) is 6.92 Å². The summed E-state index contributed by atoms with van der Waals surface area (Å²) in [5, 5.41) is 15.6. The van der Waals surface area contributed by atoms with E-state index >= 15 is 0 Å². The zero-order valence-electron chi connectivity index (χ0n) is 23.6. The molecule has 3 aromatic rings. The van der Waals surface area contributed by atoms with Crippen LogP contribution >= 0.6 is 0 Å². The zero-order valence-corrected chi connectivity index (χ0v) is 23.6. The number of urea groups is 1. The Hall–Kier alpha value is -4.84. The highest BCUT2D eigenvalue weighted by Gasteiger charge is 2.35. The van der Waals surface area contributed by atoms with Crippen LogP contribution in [0.3, 0.4) is 0 Å². The van der Waals surface area contributed by atoms with Crippen LogP contribution < -0.4 is 24.8 Å². The lowest BCUT2D eigenvalue weighted by atomic mass is 9.99. The maximum atomic E-state index is 13.7. The van der Waals surface area contributed by atoms with E-state index in [2.05, 4.69) is 15.6 Å². The van der Waals surface area contributed by atoms with Crippen molar-refractivity contribution in [2.24, 2.45) is 5.92 Å². The fourth-order valence-corrected chi connectivity index (χ4v) is 4.80. The van der Waals surface area contributed by atoms with Crippen LogP contribution in [0.25, 0.3) is 0 Å². The third kappa shape index (κ3) is 6.08. The van der Waals surface area contributed by atoms with Gasteiger partial charge in [-0.15, -0.1) is 0 Å². The number of hydrogen-bond donors (Lipinski definition) is 3. The fourth-order valence-electron chi connectivity index (χ4n) is 4.80. The zero-order chi connectivity index (χ0) is 29.8.